The number of hydrogen-bond donors (Lipinski definition) is 1. The lowest BCUT2D eigenvalue weighted by Crippen LogP contribution is -2.51. The van der Waals surface area contributed by atoms with Crippen molar-refractivity contribution in [2.75, 3.05) is 26.3 Å². The quantitative estimate of drug-likeness (QED) is 0.0973. The van der Waals surface area contributed by atoms with Crippen molar-refractivity contribution in [1.29, 1.82) is 0 Å². The highest BCUT2D eigenvalue weighted by molar-refractivity contribution is 6.38. The molecule has 4 saturated heterocycles. The average molecular weight is 1150 g/mol. The lowest BCUT2D eigenvalue weighted by Gasteiger charge is -2.35. The van der Waals surface area contributed by atoms with Crippen LogP contribution < -0.4 is 0 Å². The van der Waals surface area contributed by atoms with E-state index in [9.17, 15) is 48.3 Å². The van der Waals surface area contributed by atoms with Crippen molar-refractivity contribution in [3.63, 3.8) is 0 Å². The minimum Gasteiger partial charge on any atom is -0.460 e. The molecule has 4 aliphatic heterocycles. The maximum Gasteiger partial charge on any atom is 0.307 e. The molecule has 462 valence electrons. The fraction of sp³-hybridized carbons (Fsp3) is 0.803. The Morgan fingerprint density at radius 2 is 1.02 bits per heavy atom. The molecular formula is C66H104N2O14. The van der Waals surface area contributed by atoms with Gasteiger partial charge in [0.05, 0.1) is 49.0 Å². The molecule has 82 heavy (non-hydrogen) atoms. The molecule has 2 amide bonds. The van der Waals surface area contributed by atoms with Gasteiger partial charge in [0, 0.05) is 57.9 Å². The fourth-order valence-corrected chi connectivity index (χ4v) is 13.7. The zero-order valence-corrected chi connectivity index (χ0v) is 52.2. The molecule has 16 nitrogen and oxygen atoms in total. The SMILES string of the molecule is C=CCCC(=O)C(=O)[C@@H]1CCCCCCCO[C@@H](C)[C@H](CC(=O)OC(C)(C)C)C(=O)N2C[C@H]3[C@@H]([C@H]2C(=O)C1)C3(C)C.C=CCCC(=O)C(O)[C@@H]1CCCCCCCO[C@@H](C)[C@H](CC(=O)OC(C)(C)C)C(=O)N2C[C@H]3[C@@H]([C@H]2C(=O)C1)C3(C)C. The molecule has 2 aliphatic carbocycles. The summed E-state index contributed by atoms with van der Waals surface area (Å²) in [6, 6.07) is -1.32. The number of fused-ring (bicyclic) bond motifs is 6. The molecular weight excluding hydrogens is 1040 g/mol. The number of esters is 2. The molecule has 0 aromatic heterocycles. The maximum absolute atomic E-state index is 14.2. The smallest absolute Gasteiger partial charge is 0.307 e. The van der Waals surface area contributed by atoms with E-state index in [1.807, 2.05) is 13.8 Å². The number of rotatable bonds is 14. The van der Waals surface area contributed by atoms with Gasteiger partial charge in [-0.15, -0.1) is 13.2 Å². The summed E-state index contributed by atoms with van der Waals surface area (Å²) in [4.78, 5) is 124. The van der Waals surface area contributed by atoms with E-state index < -0.39 is 88.8 Å². The van der Waals surface area contributed by atoms with E-state index in [1.165, 1.54) is 0 Å². The van der Waals surface area contributed by atoms with E-state index in [0.29, 0.717) is 52.0 Å². The van der Waals surface area contributed by atoms with Crippen molar-refractivity contribution in [2.24, 2.45) is 58.2 Å². The number of ether oxygens (including phenoxy) is 4. The zero-order chi connectivity index (χ0) is 61.1. The molecule has 13 atom stereocenters. The summed E-state index contributed by atoms with van der Waals surface area (Å²) in [6.45, 7) is 32.0. The highest BCUT2D eigenvalue weighted by Crippen LogP contribution is 2.66. The van der Waals surface area contributed by atoms with Gasteiger partial charge >= 0.3 is 11.9 Å². The number of aliphatic hydroxyl groups excluding tert-OH is 1. The molecule has 2 saturated carbocycles. The third-order valence-corrected chi connectivity index (χ3v) is 18.7. The first kappa shape index (κ1) is 68.4. The van der Waals surface area contributed by atoms with Crippen molar-refractivity contribution < 1.29 is 67.2 Å². The summed E-state index contributed by atoms with van der Waals surface area (Å²) in [6.07, 6.45) is 12.0. The van der Waals surface area contributed by atoms with Gasteiger partial charge in [-0.2, -0.15) is 0 Å². The number of nitrogens with zero attached hydrogens (tertiary/aromatic N) is 2. The van der Waals surface area contributed by atoms with Crippen LogP contribution in [0.3, 0.4) is 0 Å². The van der Waals surface area contributed by atoms with Gasteiger partial charge in [0.25, 0.3) is 0 Å². The molecule has 4 heterocycles. The second-order valence-corrected chi connectivity index (χ2v) is 28.0. The average Bonchev–Trinajstić information content (AvgIpc) is 2.01. The monoisotopic (exact) mass is 1150 g/mol. The molecule has 0 spiro atoms. The normalized spacial score (nSPS) is 31.6. The lowest BCUT2D eigenvalue weighted by molar-refractivity contribution is -0.162. The van der Waals surface area contributed by atoms with E-state index in [4.69, 9.17) is 18.9 Å². The number of Topliss-reactive ketones (excluding diaryl/α,β-unsaturated/α-hetero) is 5. The number of amides is 2. The second kappa shape index (κ2) is 29.6. The Bertz CT molecular complexity index is 2290. The minimum atomic E-state index is -1.21. The van der Waals surface area contributed by atoms with Crippen LogP contribution >= 0.6 is 0 Å². The molecule has 16 heteroatoms. The van der Waals surface area contributed by atoms with Crippen LogP contribution in [0.15, 0.2) is 25.3 Å². The summed E-state index contributed by atoms with van der Waals surface area (Å²) in [5.74, 6) is -5.27. The Kier molecular flexibility index (Phi) is 24.7. The summed E-state index contributed by atoms with van der Waals surface area (Å²) >= 11 is 0. The topological polar surface area (TPSA) is 217 Å². The Labute approximate surface area is 490 Å². The number of allylic oxidation sites excluding steroid dienone is 2. The third kappa shape index (κ3) is 18.3. The lowest BCUT2D eigenvalue weighted by atomic mass is 9.84. The Balaban J connectivity index is 0.000000301. The molecule has 1 N–H and O–H groups in total. The largest absolute Gasteiger partial charge is 0.460 e. The summed E-state index contributed by atoms with van der Waals surface area (Å²) in [5.41, 5.74) is -1.54. The van der Waals surface area contributed by atoms with Crippen molar-refractivity contribution in [3.05, 3.63) is 25.3 Å². The standard InChI is InChI=1S/C33H53NO7.C33H51NO7/c2*1-8-9-16-25(35)30(38)22-15-13-11-10-12-14-17-40-21(2)23(19-27(37)41-32(3,4)5)31(39)34-20-24-28(33(24,6)7)29(34)26(36)18-22/h8,21-24,28-30,38H,1,9-20H2,2-7H3;8,21-24,28-29H,1,9-20H2,2-7H3/t21-,22+,23-,24-,28-,29+,30?;21-,22+,23-,24-,28-,29+/m00/s1. The molecule has 6 rings (SSSR count). The van der Waals surface area contributed by atoms with Gasteiger partial charge in [0.2, 0.25) is 17.6 Å². The Hall–Kier alpha value is -4.41. The number of hydrogen-bond acceptors (Lipinski definition) is 14. The molecule has 0 bridgehead atoms. The van der Waals surface area contributed by atoms with Crippen LogP contribution in [0.25, 0.3) is 0 Å². The van der Waals surface area contributed by atoms with Crippen molar-refractivity contribution in [1.82, 2.24) is 9.80 Å². The molecule has 0 radical (unpaired) electrons. The van der Waals surface area contributed by atoms with E-state index in [-0.39, 0.29) is 102 Å². The van der Waals surface area contributed by atoms with Gasteiger partial charge in [-0.05, 0) is 134 Å². The molecule has 6 fully saturated rings. The van der Waals surface area contributed by atoms with Crippen molar-refractivity contribution in [2.45, 2.75) is 253 Å². The summed E-state index contributed by atoms with van der Waals surface area (Å²) < 4.78 is 23.3. The van der Waals surface area contributed by atoms with E-state index in [0.717, 1.165) is 64.2 Å². The van der Waals surface area contributed by atoms with Gasteiger partial charge in [-0.1, -0.05) is 91.2 Å². The predicted molar refractivity (Wildman–Crippen MR) is 313 cm³/mol. The minimum absolute atomic E-state index is 0.0107. The van der Waals surface area contributed by atoms with Gasteiger partial charge in [0.15, 0.2) is 23.1 Å². The van der Waals surface area contributed by atoms with Crippen LogP contribution in [-0.4, -0.2) is 135 Å². The molecule has 0 aromatic rings. The maximum atomic E-state index is 14.2. The van der Waals surface area contributed by atoms with Gasteiger partial charge < -0.3 is 33.9 Å². The van der Waals surface area contributed by atoms with Crippen LogP contribution in [0.5, 0.6) is 0 Å². The first-order valence-corrected chi connectivity index (χ1v) is 31.2. The zero-order valence-electron chi connectivity index (χ0n) is 52.2. The highest BCUT2D eigenvalue weighted by atomic mass is 16.6. The van der Waals surface area contributed by atoms with E-state index in [2.05, 4.69) is 40.9 Å². The van der Waals surface area contributed by atoms with Crippen LogP contribution in [0.2, 0.25) is 0 Å². The van der Waals surface area contributed by atoms with E-state index in [1.54, 1.807) is 63.5 Å². The Morgan fingerprint density at radius 1 is 0.622 bits per heavy atom. The number of carbonyl (C=O) groups is 9. The number of piperidine rings is 2. The predicted octanol–water partition coefficient (Wildman–Crippen LogP) is 10.3. The Morgan fingerprint density at radius 3 is 1.46 bits per heavy atom. The number of ketones is 5. The number of carbonyl (C=O) groups excluding carboxylic acids is 9. The van der Waals surface area contributed by atoms with Gasteiger partial charge in [0.1, 0.15) is 17.3 Å². The highest BCUT2D eigenvalue weighted by Gasteiger charge is 2.70. The summed E-state index contributed by atoms with van der Waals surface area (Å²) in [7, 11) is 0. The van der Waals surface area contributed by atoms with Crippen LogP contribution in [-0.2, 0) is 62.1 Å². The number of aliphatic hydroxyl groups is 1. The van der Waals surface area contributed by atoms with Crippen molar-refractivity contribution >= 4 is 52.7 Å². The van der Waals surface area contributed by atoms with Gasteiger partial charge in [-0.25, -0.2) is 0 Å². The molecule has 6 aliphatic rings. The van der Waals surface area contributed by atoms with E-state index >= 15 is 0 Å². The third-order valence-electron chi connectivity index (χ3n) is 18.7. The van der Waals surface area contributed by atoms with Gasteiger partial charge in [-0.3, -0.25) is 43.2 Å². The van der Waals surface area contributed by atoms with Crippen LogP contribution in [0, 0.1) is 58.2 Å². The first-order valence-electron chi connectivity index (χ1n) is 31.2. The second-order valence-electron chi connectivity index (χ2n) is 28.0. The first-order chi connectivity index (χ1) is 38.4. The van der Waals surface area contributed by atoms with Crippen molar-refractivity contribution in [3.8, 4) is 0 Å². The fourth-order valence-electron chi connectivity index (χ4n) is 13.7. The molecule has 1 unspecified atom stereocenters. The molecule has 0 aromatic carbocycles. The van der Waals surface area contributed by atoms with Crippen LogP contribution in [0.4, 0.5) is 0 Å². The summed E-state index contributed by atoms with van der Waals surface area (Å²) in [5, 5.41) is 11.0. The van der Waals surface area contributed by atoms with Crippen LogP contribution in [0.1, 0.15) is 212 Å².